The molecule has 13 heavy (non-hydrogen) atoms. The highest BCUT2D eigenvalue weighted by Gasteiger charge is 2.29. The first-order chi connectivity index (χ1) is 4.77. The van der Waals surface area contributed by atoms with Crippen LogP contribution < -0.4 is 11.1 Å². The molecule has 0 aromatic heterocycles. The standard InChI is InChI=1S/C6H13F3N2.2ClH/c1-5(2,3-10)11-4-6(7,8)9;;/h11H,3-4,10H2,1-2H3;2*1H. The van der Waals surface area contributed by atoms with Crippen LogP contribution >= 0.6 is 24.8 Å². The van der Waals surface area contributed by atoms with Crippen molar-refractivity contribution in [2.45, 2.75) is 25.6 Å². The van der Waals surface area contributed by atoms with E-state index in [-0.39, 0.29) is 31.4 Å². The van der Waals surface area contributed by atoms with E-state index in [1.54, 1.807) is 13.8 Å². The molecule has 0 fully saturated rings. The molecule has 0 aromatic rings. The lowest BCUT2D eigenvalue weighted by Crippen LogP contribution is -2.49. The number of hydrogen-bond donors (Lipinski definition) is 2. The third-order valence-electron chi connectivity index (χ3n) is 1.28. The summed E-state index contributed by atoms with van der Waals surface area (Å²) < 4.78 is 34.9. The second kappa shape index (κ2) is 6.70. The molecule has 0 heterocycles. The SMILES string of the molecule is CC(C)(CN)NCC(F)(F)F.Cl.Cl. The Balaban J connectivity index is -0.000000500. The van der Waals surface area contributed by atoms with E-state index in [1.165, 1.54) is 0 Å². The quantitative estimate of drug-likeness (QED) is 0.792. The molecule has 0 bridgehead atoms. The maximum atomic E-state index is 11.6. The second-order valence-electron chi connectivity index (χ2n) is 3.06. The zero-order chi connectivity index (χ0) is 9.12. The Morgan fingerprint density at radius 1 is 1.15 bits per heavy atom. The summed E-state index contributed by atoms with van der Waals surface area (Å²) in [7, 11) is 0. The molecular formula is C6H15Cl2F3N2. The molecule has 0 spiro atoms. The van der Waals surface area contributed by atoms with Gasteiger partial charge in [0.1, 0.15) is 0 Å². The van der Waals surface area contributed by atoms with Crippen LogP contribution in [0.3, 0.4) is 0 Å². The van der Waals surface area contributed by atoms with Crippen LogP contribution in [-0.2, 0) is 0 Å². The molecule has 7 heteroatoms. The predicted molar refractivity (Wildman–Crippen MR) is 51.7 cm³/mol. The molecule has 0 aliphatic rings. The van der Waals surface area contributed by atoms with E-state index in [1.807, 2.05) is 0 Å². The van der Waals surface area contributed by atoms with Gasteiger partial charge in [-0.05, 0) is 13.8 Å². The first-order valence-corrected chi connectivity index (χ1v) is 3.29. The monoisotopic (exact) mass is 242 g/mol. The van der Waals surface area contributed by atoms with Crippen molar-refractivity contribution in [3.05, 3.63) is 0 Å². The van der Waals surface area contributed by atoms with Crippen molar-refractivity contribution in [1.82, 2.24) is 5.32 Å². The summed E-state index contributed by atoms with van der Waals surface area (Å²) in [5.41, 5.74) is 4.56. The molecule has 3 N–H and O–H groups in total. The van der Waals surface area contributed by atoms with Crippen LogP contribution in [0.25, 0.3) is 0 Å². The third-order valence-corrected chi connectivity index (χ3v) is 1.28. The van der Waals surface area contributed by atoms with Gasteiger partial charge in [0.2, 0.25) is 0 Å². The number of halogens is 5. The van der Waals surface area contributed by atoms with Crippen molar-refractivity contribution in [2.75, 3.05) is 13.1 Å². The molecule has 0 aromatic carbocycles. The van der Waals surface area contributed by atoms with Gasteiger partial charge in [-0.2, -0.15) is 13.2 Å². The Hall–Kier alpha value is 0.290. The first-order valence-electron chi connectivity index (χ1n) is 3.29. The van der Waals surface area contributed by atoms with E-state index < -0.39 is 18.3 Å². The number of nitrogens with two attached hydrogens (primary N) is 1. The molecule has 0 atom stereocenters. The summed E-state index contributed by atoms with van der Waals surface area (Å²) >= 11 is 0. The first kappa shape index (κ1) is 19.0. The van der Waals surface area contributed by atoms with Crippen LogP contribution in [0.1, 0.15) is 13.8 Å². The summed E-state index contributed by atoms with van der Waals surface area (Å²) in [5, 5.41) is 2.30. The summed E-state index contributed by atoms with van der Waals surface area (Å²) in [5.74, 6) is 0. The Morgan fingerprint density at radius 2 is 1.54 bits per heavy atom. The molecule has 0 aliphatic heterocycles. The number of nitrogens with one attached hydrogen (secondary N) is 1. The number of alkyl halides is 3. The van der Waals surface area contributed by atoms with Gasteiger partial charge in [-0.1, -0.05) is 0 Å². The molecule has 0 radical (unpaired) electrons. The molecule has 2 nitrogen and oxygen atoms in total. The van der Waals surface area contributed by atoms with Gasteiger partial charge in [-0.15, -0.1) is 24.8 Å². The zero-order valence-corrected chi connectivity index (χ0v) is 9.07. The molecule has 0 amide bonds. The Morgan fingerprint density at radius 3 is 1.77 bits per heavy atom. The molecule has 84 valence electrons. The normalized spacial score (nSPS) is 11.5. The smallest absolute Gasteiger partial charge is 0.329 e. The fourth-order valence-corrected chi connectivity index (χ4v) is 0.412. The third kappa shape index (κ3) is 12.3. The van der Waals surface area contributed by atoms with E-state index in [2.05, 4.69) is 5.32 Å². The van der Waals surface area contributed by atoms with E-state index in [9.17, 15) is 13.2 Å². The Labute approximate surface area is 88.3 Å². The summed E-state index contributed by atoms with van der Waals surface area (Å²) in [6.07, 6.45) is -4.16. The minimum atomic E-state index is -4.16. The predicted octanol–water partition coefficient (Wildman–Crippen LogP) is 1.72. The average molecular weight is 243 g/mol. The van der Waals surface area contributed by atoms with Crippen LogP contribution in [0.2, 0.25) is 0 Å². The Kier molecular flexibility index (Phi) is 9.77. The highest BCUT2D eigenvalue weighted by molar-refractivity contribution is 5.85. The maximum Gasteiger partial charge on any atom is 0.401 e. The van der Waals surface area contributed by atoms with Crippen molar-refractivity contribution in [3.63, 3.8) is 0 Å². The lowest BCUT2D eigenvalue weighted by molar-refractivity contribution is -0.127. The van der Waals surface area contributed by atoms with Crippen LogP contribution in [0, 0.1) is 0 Å². The van der Waals surface area contributed by atoms with Crippen LogP contribution in [0.5, 0.6) is 0 Å². The van der Waals surface area contributed by atoms with Crippen molar-refractivity contribution in [1.29, 1.82) is 0 Å². The average Bonchev–Trinajstić information content (AvgIpc) is 1.83. The van der Waals surface area contributed by atoms with E-state index >= 15 is 0 Å². The minimum absolute atomic E-state index is 0. The summed E-state index contributed by atoms with van der Waals surface area (Å²) in [6, 6.07) is 0. The second-order valence-corrected chi connectivity index (χ2v) is 3.06. The molecule has 0 saturated carbocycles. The molecule has 0 saturated heterocycles. The topological polar surface area (TPSA) is 38.0 Å². The zero-order valence-electron chi connectivity index (χ0n) is 7.44. The lowest BCUT2D eigenvalue weighted by Gasteiger charge is -2.24. The highest BCUT2D eigenvalue weighted by Crippen LogP contribution is 2.14. The van der Waals surface area contributed by atoms with Gasteiger partial charge >= 0.3 is 6.18 Å². The molecule has 0 aliphatic carbocycles. The van der Waals surface area contributed by atoms with Crippen molar-refractivity contribution in [3.8, 4) is 0 Å². The van der Waals surface area contributed by atoms with Gasteiger partial charge in [-0.25, -0.2) is 0 Å². The van der Waals surface area contributed by atoms with Crippen molar-refractivity contribution in [2.24, 2.45) is 5.73 Å². The van der Waals surface area contributed by atoms with Gasteiger partial charge < -0.3 is 11.1 Å². The number of rotatable bonds is 3. The largest absolute Gasteiger partial charge is 0.401 e. The molecule has 0 rings (SSSR count). The molecule has 0 unspecified atom stereocenters. The number of hydrogen-bond acceptors (Lipinski definition) is 2. The molecular weight excluding hydrogens is 228 g/mol. The van der Waals surface area contributed by atoms with E-state index in [0.717, 1.165) is 0 Å². The van der Waals surface area contributed by atoms with Gasteiger partial charge in [-0.3, -0.25) is 0 Å². The summed E-state index contributed by atoms with van der Waals surface area (Å²) in [4.78, 5) is 0. The van der Waals surface area contributed by atoms with Crippen LogP contribution in [0.4, 0.5) is 13.2 Å². The highest BCUT2D eigenvalue weighted by atomic mass is 35.5. The summed E-state index contributed by atoms with van der Waals surface area (Å²) in [6.45, 7) is 2.44. The lowest BCUT2D eigenvalue weighted by atomic mass is 10.1. The van der Waals surface area contributed by atoms with Gasteiger partial charge in [0.15, 0.2) is 0 Å². The van der Waals surface area contributed by atoms with E-state index in [4.69, 9.17) is 5.73 Å². The van der Waals surface area contributed by atoms with Gasteiger partial charge in [0.05, 0.1) is 6.54 Å². The Bertz CT molecular complexity index is 128. The fraction of sp³-hybridized carbons (Fsp3) is 1.00. The minimum Gasteiger partial charge on any atom is -0.329 e. The fourth-order valence-electron chi connectivity index (χ4n) is 0.412. The van der Waals surface area contributed by atoms with Crippen LogP contribution in [-0.4, -0.2) is 24.8 Å². The van der Waals surface area contributed by atoms with Crippen LogP contribution in [0.15, 0.2) is 0 Å². The van der Waals surface area contributed by atoms with E-state index in [0.29, 0.717) is 0 Å². The van der Waals surface area contributed by atoms with Gasteiger partial charge in [0, 0.05) is 12.1 Å². The van der Waals surface area contributed by atoms with Gasteiger partial charge in [0.25, 0.3) is 0 Å². The maximum absolute atomic E-state index is 11.6. The van der Waals surface area contributed by atoms with Crippen molar-refractivity contribution >= 4 is 24.8 Å². The van der Waals surface area contributed by atoms with Crippen molar-refractivity contribution < 1.29 is 13.2 Å².